The molecule has 0 amide bonds. The van der Waals surface area contributed by atoms with Crippen molar-refractivity contribution in [3.05, 3.63) is 28.2 Å². The fourth-order valence-electron chi connectivity index (χ4n) is 2.49. The van der Waals surface area contributed by atoms with Crippen LogP contribution in [0.15, 0.2) is 18.2 Å². The molecule has 1 fully saturated rings. The quantitative estimate of drug-likeness (QED) is 0.856. The van der Waals surface area contributed by atoms with Gasteiger partial charge in [0, 0.05) is 13.1 Å². The second-order valence-corrected chi connectivity index (χ2v) is 7.59. The van der Waals surface area contributed by atoms with Crippen molar-refractivity contribution in [3.63, 3.8) is 0 Å². The number of hydrogen-bond donors (Lipinski definition) is 2. The van der Waals surface area contributed by atoms with Gasteiger partial charge in [0.1, 0.15) is 0 Å². The molecular formula is C13H19Cl2N3O2S. The zero-order chi connectivity index (χ0) is 15.5. The molecule has 0 aliphatic carbocycles. The van der Waals surface area contributed by atoms with Gasteiger partial charge >= 0.3 is 10.2 Å². The number of piperidine rings is 1. The molecule has 0 aromatic heterocycles. The third-order valence-corrected chi connectivity index (χ3v) is 5.81. The molecule has 1 aromatic rings. The number of halogens is 2. The Hall–Kier alpha value is -0.530. The summed E-state index contributed by atoms with van der Waals surface area (Å²) in [6.07, 6.45) is 1.89. The Labute approximate surface area is 135 Å². The zero-order valence-electron chi connectivity index (χ0n) is 11.8. The summed E-state index contributed by atoms with van der Waals surface area (Å²) in [5.74, 6) is 0.329. The maximum absolute atomic E-state index is 12.5. The van der Waals surface area contributed by atoms with Crippen LogP contribution in [0.3, 0.4) is 0 Å². The van der Waals surface area contributed by atoms with Crippen LogP contribution in [0.1, 0.15) is 12.8 Å². The topological polar surface area (TPSA) is 61.4 Å². The van der Waals surface area contributed by atoms with Gasteiger partial charge in [-0.05, 0) is 44.5 Å². The smallest absolute Gasteiger partial charge is 0.301 e. The molecule has 2 rings (SSSR count). The molecule has 1 saturated heterocycles. The van der Waals surface area contributed by atoms with Gasteiger partial charge in [0.25, 0.3) is 0 Å². The van der Waals surface area contributed by atoms with E-state index in [9.17, 15) is 8.42 Å². The van der Waals surface area contributed by atoms with Crippen molar-refractivity contribution < 1.29 is 8.42 Å². The van der Waals surface area contributed by atoms with Gasteiger partial charge in [-0.2, -0.15) is 12.7 Å². The molecule has 1 heterocycles. The van der Waals surface area contributed by atoms with E-state index in [0.717, 1.165) is 19.4 Å². The fraction of sp³-hybridized carbons (Fsp3) is 0.538. The van der Waals surface area contributed by atoms with E-state index in [0.29, 0.717) is 29.7 Å². The lowest BCUT2D eigenvalue weighted by Gasteiger charge is -2.32. The standard InChI is InChI=1S/C13H19Cl2N3O2S/c1-16-8-10-4-3-7-18(9-10)21(19,20)17-12-6-2-5-11(14)13(12)15/h2,5-6,10,16-17H,3-4,7-9H2,1H3. The largest absolute Gasteiger partial charge is 0.319 e. The minimum absolute atomic E-state index is 0.214. The van der Waals surface area contributed by atoms with Gasteiger partial charge in [-0.1, -0.05) is 29.3 Å². The van der Waals surface area contributed by atoms with Crippen LogP contribution in [0.25, 0.3) is 0 Å². The highest BCUT2D eigenvalue weighted by Crippen LogP contribution is 2.31. The number of hydrogen-bond acceptors (Lipinski definition) is 3. The maximum Gasteiger partial charge on any atom is 0.301 e. The first-order valence-corrected chi connectivity index (χ1v) is 9.00. The van der Waals surface area contributed by atoms with Crippen LogP contribution in [0.2, 0.25) is 10.0 Å². The minimum Gasteiger partial charge on any atom is -0.319 e. The molecule has 0 saturated carbocycles. The molecular weight excluding hydrogens is 333 g/mol. The van der Waals surface area contributed by atoms with Gasteiger partial charge in [-0.15, -0.1) is 0 Å². The SMILES string of the molecule is CNCC1CCCN(S(=O)(=O)Nc2cccc(Cl)c2Cl)C1. The van der Waals surface area contributed by atoms with Crippen molar-refractivity contribution in [2.75, 3.05) is 31.4 Å². The number of anilines is 1. The van der Waals surface area contributed by atoms with E-state index in [4.69, 9.17) is 23.2 Å². The molecule has 21 heavy (non-hydrogen) atoms. The Balaban J connectivity index is 2.12. The summed E-state index contributed by atoms with van der Waals surface area (Å²) < 4.78 is 28.9. The van der Waals surface area contributed by atoms with Gasteiger partial charge in [0.15, 0.2) is 0 Å². The third-order valence-electron chi connectivity index (χ3n) is 3.50. The second kappa shape index (κ2) is 7.15. The molecule has 0 bridgehead atoms. The van der Waals surface area contributed by atoms with Gasteiger partial charge in [-0.25, -0.2) is 0 Å². The van der Waals surface area contributed by atoms with Crippen molar-refractivity contribution in [2.24, 2.45) is 5.92 Å². The monoisotopic (exact) mass is 351 g/mol. The highest BCUT2D eigenvalue weighted by Gasteiger charge is 2.29. The number of nitrogens with zero attached hydrogens (tertiary/aromatic N) is 1. The molecule has 1 unspecified atom stereocenters. The Bertz CT molecular complexity index is 593. The highest BCUT2D eigenvalue weighted by molar-refractivity contribution is 7.90. The summed E-state index contributed by atoms with van der Waals surface area (Å²) >= 11 is 11.9. The zero-order valence-corrected chi connectivity index (χ0v) is 14.1. The number of nitrogens with one attached hydrogen (secondary N) is 2. The minimum atomic E-state index is -3.61. The van der Waals surface area contributed by atoms with Gasteiger partial charge in [0.05, 0.1) is 15.7 Å². The third kappa shape index (κ3) is 4.23. The van der Waals surface area contributed by atoms with Gasteiger partial charge in [-0.3, -0.25) is 4.72 Å². The Kier molecular flexibility index (Phi) is 5.73. The van der Waals surface area contributed by atoms with E-state index in [1.165, 1.54) is 4.31 Å². The van der Waals surface area contributed by atoms with Crippen LogP contribution < -0.4 is 10.0 Å². The van der Waals surface area contributed by atoms with Crippen molar-refractivity contribution in [1.82, 2.24) is 9.62 Å². The fourth-order valence-corrected chi connectivity index (χ4v) is 4.24. The van der Waals surface area contributed by atoms with Crippen LogP contribution in [-0.2, 0) is 10.2 Å². The molecule has 5 nitrogen and oxygen atoms in total. The molecule has 1 aliphatic rings. The maximum atomic E-state index is 12.5. The molecule has 1 aromatic carbocycles. The Morgan fingerprint density at radius 3 is 2.86 bits per heavy atom. The van der Waals surface area contributed by atoms with Crippen molar-refractivity contribution >= 4 is 39.1 Å². The van der Waals surface area contributed by atoms with Crippen molar-refractivity contribution in [3.8, 4) is 0 Å². The van der Waals surface area contributed by atoms with Crippen LogP contribution in [0, 0.1) is 5.92 Å². The van der Waals surface area contributed by atoms with Crippen molar-refractivity contribution in [2.45, 2.75) is 12.8 Å². The summed E-state index contributed by atoms with van der Waals surface area (Å²) in [6.45, 7) is 1.84. The summed E-state index contributed by atoms with van der Waals surface area (Å²) in [7, 11) is -1.74. The molecule has 0 radical (unpaired) electrons. The first-order chi connectivity index (χ1) is 9.94. The average molecular weight is 352 g/mol. The molecule has 1 aliphatic heterocycles. The van der Waals surface area contributed by atoms with Gasteiger partial charge < -0.3 is 5.32 Å². The first kappa shape index (κ1) is 16.8. The van der Waals surface area contributed by atoms with E-state index in [2.05, 4.69) is 10.0 Å². The van der Waals surface area contributed by atoms with Crippen LogP contribution >= 0.6 is 23.2 Å². The van der Waals surface area contributed by atoms with E-state index in [-0.39, 0.29) is 5.02 Å². The van der Waals surface area contributed by atoms with Crippen LogP contribution in [0.4, 0.5) is 5.69 Å². The lowest BCUT2D eigenvalue weighted by molar-refractivity contribution is 0.264. The number of rotatable bonds is 5. The highest BCUT2D eigenvalue weighted by atomic mass is 35.5. The van der Waals surface area contributed by atoms with Crippen LogP contribution in [0.5, 0.6) is 0 Å². The molecule has 8 heteroatoms. The average Bonchev–Trinajstić information content (AvgIpc) is 2.44. The summed E-state index contributed by atoms with van der Waals surface area (Å²) in [5.41, 5.74) is 0.305. The summed E-state index contributed by atoms with van der Waals surface area (Å²) in [6, 6.07) is 4.87. The Morgan fingerprint density at radius 2 is 2.14 bits per heavy atom. The summed E-state index contributed by atoms with van der Waals surface area (Å²) in [4.78, 5) is 0. The van der Waals surface area contributed by atoms with E-state index >= 15 is 0 Å². The van der Waals surface area contributed by atoms with E-state index in [1.807, 2.05) is 7.05 Å². The van der Waals surface area contributed by atoms with Gasteiger partial charge in [0.2, 0.25) is 0 Å². The summed E-state index contributed by atoms with van der Waals surface area (Å²) in [5, 5.41) is 3.63. The first-order valence-electron chi connectivity index (χ1n) is 6.80. The van der Waals surface area contributed by atoms with E-state index in [1.54, 1.807) is 18.2 Å². The lowest BCUT2D eigenvalue weighted by atomic mass is 10.00. The van der Waals surface area contributed by atoms with E-state index < -0.39 is 10.2 Å². The molecule has 118 valence electrons. The Morgan fingerprint density at radius 1 is 1.38 bits per heavy atom. The molecule has 0 spiro atoms. The lowest BCUT2D eigenvalue weighted by Crippen LogP contribution is -2.44. The molecule has 2 N–H and O–H groups in total. The normalized spacial score (nSPS) is 20.4. The van der Waals surface area contributed by atoms with Crippen molar-refractivity contribution in [1.29, 1.82) is 0 Å². The predicted octanol–water partition coefficient (Wildman–Crippen LogP) is 2.58. The molecule has 1 atom stereocenters. The second-order valence-electron chi connectivity index (χ2n) is 5.13. The number of benzene rings is 1. The van der Waals surface area contributed by atoms with Crippen LogP contribution in [-0.4, -0.2) is 39.4 Å². The predicted molar refractivity (Wildman–Crippen MR) is 87.2 cm³/mol.